The van der Waals surface area contributed by atoms with Gasteiger partial charge in [0.1, 0.15) is 17.0 Å². The summed E-state index contributed by atoms with van der Waals surface area (Å²) in [5, 5.41) is 12.7. The van der Waals surface area contributed by atoms with E-state index in [-0.39, 0.29) is 12.5 Å². The minimum Gasteiger partial charge on any atom is -0.472 e. The van der Waals surface area contributed by atoms with E-state index in [1.165, 1.54) is 16.2 Å². The quantitative estimate of drug-likeness (QED) is 0.842. The third-order valence-corrected chi connectivity index (χ3v) is 4.79. The molecule has 1 amide bonds. The maximum atomic E-state index is 12.5. The van der Waals surface area contributed by atoms with E-state index in [2.05, 4.69) is 9.88 Å². The van der Waals surface area contributed by atoms with Crippen LogP contribution < -0.4 is 0 Å². The molecular weight excluding hydrogens is 330 g/mol. The number of ether oxygens (including phenoxy) is 1. The Kier molecular flexibility index (Phi) is 5.62. The molecule has 7 nitrogen and oxygen atoms in total. The zero-order chi connectivity index (χ0) is 16.9. The highest BCUT2D eigenvalue weighted by Crippen LogP contribution is 2.24. The Morgan fingerprint density at radius 2 is 2.29 bits per heavy atom. The summed E-state index contributed by atoms with van der Waals surface area (Å²) in [6.45, 7) is 3.82. The molecule has 1 saturated heterocycles. The van der Waals surface area contributed by atoms with Crippen molar-refractivity contribution in [1.29, 1.82) is 0 Å². The Morgan fingerprint density at radius 3 is 3.00 bits per heavy atom. The predicted octanol–water partition coefficient (Wildman–Crippen LogP) is 1.17. The molecule has 0 radical (unpaired) electrons. The van der Waals surface area contributed by atoms with Gasteiger partial charge in [-0.15, -0.1) is 11.3 Å². The van der Waals surface area contributed by atoms with Gasteiger partial charge in [0.25, 0.3) is 5.91 Å². The first-order valence-electron chi connectivity index (χ1n) is 7.85. The molecule has 0 unspecified atom stereocenters. The second-order valence-electron chi connectivity index (χ2n) is 5.80. The van der Waals surface area contributed by atoms with Crippen LogP contribution in [0.1, 0.15) is 10.5 Å². The molecule has 1 atom stereocenters. The van der Waals surface area contributed by atoms with E-state index in [0.29, 0.717) is 25.5 Å². The van der Waals surface area contributed by atoms with Crippen molar-refractivity contribution in [2.24, 2.45) is 0 Å². The van der Waals surface area contributed by atoms with E-state index in [0.717, 1.165) is 23.7 Å². The topological polar surface area (TPSA) is 79.0 Å². The fourth-order valence-corrected chi connectivity index (χ4v) is 3.40. The highest BCUT2D eigenvalue weighted by atomic mass is 32.1. The van der Waals surface area contributed by atoms with Crippen molar-refractivity contribution in [3.05, 3.63) is 29.7 Å². The molecule has 1 N–H and O–H groups in total. The summed E-state index contributed by atoms with van der Waals surface area (Å²) < 4.78 is 10.3. The van der Waals surface area contributed by atoms with Crippen molar-refractivity contribution in [2.45, 2.75) is 6.10 Å². The van der Waals surface area contributed by atoms with Gasteiger partial charge >= 0.3 is 0 Å². The predicted molar refractivity (Wildman–Crippen MR) is 90.0 cm³/mol. The van der Waals surface area contributed by atoms with E-state index in [1.54, 1.807) is 25.0 Å². The number of rotatable bonds is 6. The Bertz CT molecular complexity index is 652. The molecule has 3 rings (SSSR count). The lowest BCUT2D eigenvalue weighted by molar-refractivity contribution is 0.00875. The molecule has 8 heteroatoms. The van der Waals surface area contributed by atoms with Crippen LogP contribution >= 0.6 is 11.3 Å². The van der Waals surface area contributed by atoms with Crippen LogP contribution in [-0.2, 0) is 4.74 Å². The van der Waals surface area contributed by atoms with Gasteiger partial charge in [0.05, 0.1) is 25.6 Å². The van der Waals surface area contributed by atoms with E-state index >= 15 is 0 Å². The number of hydrogen-bond donors (Lipinski definition) is 1. The lowest BCUT2D eigenvalue weighted by Crippen LogP contribution is -2.45. The largest absolute Gasteiger partial charge is 0.472 e. The van der Waals surface area contributed by atoms with Crippen LogP contribution in [0.15, 0.2) is 28.4 Å². The van der Waals surface area contributed by atoms with Gasteiger partial charge < -0.3 is 19.2 Å². The number of hydrogen-bond acceptors (Lipinski definition) is 7. The fraction of sp³-hybridized carbons (Fsp3) is 0.500. The van der Waals surface area contributed by atoms with Crippen molar-refractivity contribution in [2.75, 3.05) is 46.4 Å². The second kappa shape index (κ2) is 7.89. The number of aliphatic hydroxyl groups excluding tert-OH is 1. The number of aliphatic hydroxyl groups is 1. The van der Waals surface area contributed by atoms with Crippen molar-refractivity contribution in [3.63, 3.8) is 0 Å². The molecule has 24 heavy (non-hydrogen) atoms. The third-order valence-electron chi connectivity index (χ3n) is 3.90. The first-order chi connectivity index (χ1) is 11.6. The molecule has 3 heterocycles. The zero-order valence-electron chi connectivity index (χ0n) is 13.6. The van der Waals surface area contributed by atoms with Gasteiger partial charge in [-0.05, 0) is 6.07 Å². The van der Waals surface area contributed by atoms with Crippen molar-refractivity contribution in [1.82, 2.24) is 14.8 Å². The normalized spacial score (nSPS) is 16.9. The molecule has 1 aliphatic rings. The molecule has 0 aliphatic carbocycles. The van der Waals surface area contributed by atoms with E-state index < -0.39 is 6.10 Å². The van der Waals surface area contributed by atoms with Crippen LogP contribution in [0.3, 0.4) is 0 Å². The molecular formula is C16H21N3O4S. The summed E-state index contributed by atoms with van der Waals surface area (Å²) in [5.74, 6) is -0.193. The van der Waals surface area contributed by atoms with Crippen LogP contribution in [0.25, 0.3) is 10.6 Å². The molecule has 1 fully saturated rings. The van der Waals surface area contributed by atoms with Gasteiger partial charge in [0.15, 0.2) is 0 Å². The smallest absolute Gasteiger partial charge is 0.273 e. The number of aromatic nitrogens is 1. The number of thiazole rings is 1. The Labute approximate surface area is 144 Å². The van der Waals surface area contributed by atoms with Crippen LogP contribution in [0, 0.1) is 0 Å². The monoisotopic (exact) mass is 351 g/mol. The van der Waals surface area contributed by atoms with E-state index in [4.69, 9.17) is 9.15 Å². The summed E-state index contributed by atoms with van der Waals surface area (Å²) in [6.07, 6.45) is 2.58. The molecule has 0 bridgehead atoms. The first kappa shape index (κ1) is 17.1. The van der Waals surface area contributed by atoms with Crippen LogP contribution in [0.5, 0.6) is 0 Å². The molecule has 130 valence electrons. The number of nitrogens with zero attached hydrogens (tertiary/aromatic N) is 3. The van der Waals surface area contributed by atoms with Crippen molar-refractivity contribution in [3.8, 4) is 10.6 Å². The number of amides is 1. The highest BCUT2D eigenvalue weighted by molar-refractivity contribution is 7.13. The van der Waals surface area contributed by atoms with Gasteiger partial charge in [-0.1, -0.05) is 0 Å². The van der Waals surface area contributed by atoms with E-state index in [1.807, 2.05) is 6.07 Å². The second-order valence-corrected chi connectivity index (χ2v) is 6.66. The number of carbonyl (C=O) groups excluding carboxylic acids is 1. The summed E-state index contributed by atoms with van der Waals surface area (Å²) in [7, 11) is 1.68. The Balaban J connectivity index is 1.54. The lowest BCUT2D eigenvalue weighted by atomic mass is 10.2. The summed E-state index contributed by atoms with van der Waals surface area (Å²) in [4.78, 5) is 20.5. The Morgan fingerprint density at radius 1 is 1.50 bits per heavy atom. The third kappa shape index (κ3) is 4.21. The average Bonchev–Trinajstić information content (AvgIpc) is 3.26. The average molecular weight is 351 g/mol. The number of furan rings is 1. The summed E-state index contributed by atoms with van der Waals surface area (Å²) in [6, 6.07) is 1.81. The maximum absolute atomic E-state index is 12.5. The minimum atomic E-state index is -0.593. The van der Waals surface area contributed by atoms with Crippen molar-refractivity contribution >= 4 is 17.2 Å². The zero-order valence-corrected chi connectivity index (χ0v) is 14.4. The molecule has 0 aromatic carbocycles. The minimum absolute atomic E-state index is 0.193. The van der Waals surface area contributed by atoms with Crippen molar-refractivity contribution < 1.29 is 19.1 Å². The van der Waals surface area contributed by atoms with Gasteiger partial charge in [0, 0.05) is 44.2 Å². The maximum Gasteiger partial charge on any atom is 0.273 e. The lowest BCUT2D eigenvalue weighted by Gasteiger charge is -2.29. The molecule has 2 aromatic heterocycles. The van der Waals surface area contributed by atoms with Crippen LogP contribution in [0.4, 0.5) is 0 Å². The van der Waals surface area contributed by atoms with Gasteiger partial charge in [0.2, 0.25) is 0 Å². The highest BCUT2D eigenvalue weighted by Gasteiger charge is 2.21. The molecule has 0 spiro atoms. The van der Waals surface area contributed by atoms with Crippen LogP contribution in [0.2, 0.25) is 0 Å². The van der Waals surface area contributed by atoms with Gasteiger partial charge in [-0.25, -0.2) is 4.98 Å². The fourth-order valence-electron chi connectivity index (χ4n) is 2.62. The SMILES string of the molecule is CN(C[C@H](O)CN1CCOCC1)C(=O)c1csc(-c2ccoc2)n1. The summed E-state index contributed by atoms with van der Waals surface area (Å²) >= 11 is 1.40. The van der Waals surface area contributed by atoms with Gasteiger partial charge in [-0.3, -0.25) is 9.69 Å². The molecule has 1 aliphatic heterocycles. The number of morpholine rings is 1. The molecule has 2 aromatic rings. The Hall–Kier alpha value is -1.74. The number of likely N-dealkylation sites (N-methyl/N-ethyl adjacent to an activating group) is 1. The van der Waals surface area contributed by atoms with Gasteiger partial charge in [-0.2, -0.15) is 0 Å². The first-order valence-corrected chi connectivity index (χ1v) is 8.73. The number of β-amino-alcohol motifs (C(OH)–C–C–N with tert-alkyl or cyclic N) is 1. The van der Waals surface area contributed by atoms with E-state index in [9.17, 15) is 9.90 Å². The number of carbonyl (C=O) groups is 1. The summed E-state index contributed by atoms with van der Waals surface area (Å²) in [5.41, 5.74) is 1.24. The van der Waals surface area contributed by atoms with Crippen LogP contribution in [-0.4, -0.2) is 78.3 Å². The standard InChI is InChI=1S/C16H21N3O4S/c1-18(8-13(20)9-19-3-6-22-7-4-19)16(21)14-11-24-15(17-14)12-2-5-23-10-12/h2,5,10-11,13,20H,3-4,6-9H2,1H3/t13-/m0/s1. The molecule has 0 saturated carbocycles.